The molecule has 1 atom stereocenters. The van der Waals surface area contributed by atoms with Crippen LogP contribution in [-0.4, -0.2) is 35.8 Å². The lowest BCUT2D eigenvalue weighted by Crippen LogP contribution is -2.32. The van der Waals surface area contributed by atoms with Crippen molar-refractivity contribution in [2.75, 3.05) is 24.7 Å². The maximum absolute atomic E-state index is 11.0. The van der Waals surface area contributed by atoms with E-state index in [0.717, 1.165) is 31.5 Å². The predicted octanol–water partition coefficient (Wildman–Crippen LogP) is 2.34. The first-order chi connectivity index (χ1) is 9.65. The number of nitrogens with zero attached hydrogens (tertiary/aromatic N) is 2. The number of nitro groups is 1. The van der Waals surface area contributed by atoms with Gasteiger partial charge in [0.25, 0.3) is 5.69 Å². The van der Waals surface area contributed by atoms with Crippen molar-refractivity contribution in [2.45, 2.75) is 32.2 Å². The standard InChI is InChI=1S/C14H20N2O4/c1-2-6-20-14-8-12(7-13(9-14)16(18)19)15-5-3-4-11(15)10-17/h7-9,11,17H,2-6,10H2,1H3. The summed E-state index contributed by atoms with van der Waals surface area (Å²) < 4.78 is 5.52. The second-order valence-corrected chi connectivity index (χ2v) is 4.96. The van der Waals surface area contributed by atoms with Crippen molar-refractivity contribution in [3.8, 4) is 5.75 Å². The summed E-state index contributed by atoms with van der Waals surface area (Å²) >= 11 is 0. The van der Waals surface area contributed by atoms with Crippen LogP contribution in [0.2, 0.25) is 0 Å². The Morgan fingerprint density at radius 1 is 1.50 bits per heavy atom. The highest BCUT2D eigenvalue weighted by atomic mass is 16.6. The zero-order valence-corrected chi connectivity index (χ0v) is 11.6. The van der Waals surface area contributed by atoms with E-state index in [2.05, 4.69) is 0 Å². The molecule has 0 amide bonds. The van der Waals surface area contributed by atoms with Crippen LogP contribution in [0.25, 0.3) is 0 Å². The molecule has 110 valence electrons. The van der Waals surface area contributed by atoms with Gasteiger partial charge in [-0.05, 0) is 19.3 Å². The van der Waals surface area contributed by atoms with E-state index in [9.17, 15) is 15.2 Å². The zero-order valence-electron chi connectivity index (χ0n) is 11.6. The topological polar surface area (TPSA) is 75.8 Å². The second kappa shape index (κ2) is 6.56. The minimum absolute atomic E-state index is 0.0252. The predicted molar refractivity (Wildman–Crippen MR) is 76.3 cm³/mol. The first-order valence-corrected chi connectivity index (χ1v) is 6.95. The molecule has 0 aliphatic carbocycles. The van der Waals surface area contributed by atoms with Gasteiger partial charge in [0.1, 0.15) is 5.75 Å². The summed E-state index contributed by atoms with van der Waals surface area (Å²) in [7, 11) is 0. The lowest BCUT2D eigenvalue weighted by atomic mass is 10.2. The Labute approximate surface area is 118 Å². The van der Waals surface area contributed by atoms with Crippen molar-refractivity contribution < 1.29 is 14.8 Å². The van der Waals surface area contributed by atoms with E-state index in [1.807, 2.05) is 17.9 Å². The van der Waals surface area contributed by atoms with Crippen molar-refractivity contribution in [1.29, 1.82) is 0 Å². The summed E-state index contributed by atoms with van der Waals surface area (Å²) in [6, 6.07) is 4.85. The molecule has 1 aromatic carbocycles. The molecule has 20 heavy (non-hydrogen) atoms. The van der Waals surface area contributed by atoms with Crippen molar-refractivity contribution in [3.05, 3.63) is 28.3 Å². The summed E-state index contributed by atoms with van der Waals surface area (Å²) in [5, 5.41) is 20.4. The number of hydrogen-bond donors (Lipinski definition) is 1. The molecule has 0 bridgehead atoms. The van der Waals surface area contributed by atoms with Crippen LogP contribution in [0.15, 0.2) is 18.2 Å². The molecule has 6 nitrogen and oxygen atoms in total. The third-order valence-corrected chi connectivity index (χ3v) is 3.48. The van der Waals surface area contributed by atoms with Crippen LogP contribution in [-0.2, 0) is 0 Å². The van der Waals surface area contributed by atoms with Crippen molar-refractivity contribution in [3.63, 3.8) is 0 Å². The van der Waals surface area contributed by atoms with Crippen LogP contribution in [0.4, 0.5) is 11.4 Å². The van der Waals surface area contributed by atoms with Crippen LogP contribution >= 0.6 is 0 Å². The average molecular weight is 280 g/mol. The molecule has 0 spiro atoms. The Morgan fingerprint density at radius 2 is 2.30 bits per heavy atom. The molecule has 0 saturated carbocycles. The van der Waals surface area contributed by atoms with Crippen LogP contribution < -0.4 is 9.64 Å². The number of anilines is 1. The van der Waals surface area contributed by atoms with E-state index in [4.69, 9.17) is 4.74 Å². The molecule has 2 rings (SSSR count). The Bertz CT molecular complexity index is 478. The maximum atomic E-state index is 11.0. The summed E-state index contributed by atoms with van der Waals surface area (Å²) in [6.07, 6.45) is 2.74. The Balaban J connectivity index is 2.30. The molecule has 1 heterocycles. The third-order valence-electron chi connectivity index (χ3n) is 3.48. The van der Waals surface area contributed by atoms with E-state index >= 15 is 0 Å². The Kier molecular flexibility index (Phi) is 4.79. The van der Waals surface area contributed by atoms with E-state index in [-0.39, 0.29) is 18.3 Å². The van der Waals surface area contributed by atoms with Gasteiger partial charge in [-0.15, -0.1) is 0 Å². The van der Waals surface area contributed by atoms with Crippen molar-refractivity contribution in [1.82, 2.24) is 0 Å². The number of hydrogen-bond acceptors (Lipinski definition) is 5. The van der Waals surface area contributed by atoms with Gasteiger partial charge in [-0.1, -0.05) is 6.92 Å². The molecular formula is C14H20N2O4. The Hall–Kier alpha value is -1.82. The SMILES string of the molecule is CCCOc1cc(N2CCCC2CO)cc([N+](=O)[O-])c1. The summed E-state index contributed by atoms with van der Waals surface area (Å²) in [5.41, 5.74) is 0.777. The van der Waals surface area contributed by atoms with Gasteiger partial charge in [0.05, 0.1) is 30.2 Å². The van der Waals surface area contributed by atoms with Gasteiger partial charge < -0.3 is 14.7 Å². The van der Waals surface area contributed by atoms with E-state index < -0.39 is 4.92 Å². The Morgan fingerprint density at radius 3 is 2.95 bits per heavy atom. The number of rotatable bonds is 6. The van der Waals surface area contributed by atoms with E-state index in [1.54, 1.807) is 6.07 Å². The highest BCUT2D eigenvalue weighted by molar-refractivity contribution is 5.59. The number of nitro benzene ring substituents is 1. The fourth-order valence-electron chi connectivity index (χ4n) is 2.51. The fourth-order valence-corrected chi connectivity index (χ4v) is 2.51. The third kappa shape index (κ3) is 3.19. The number of ether oxygens (including phenoxy) is 1. The number of benzene rings is 1. The first kappa shape index (κ1) is 14.6. The van der Waals surface area contributed by atoms with Gasteiger partial charge >= 0.3 is 0 Å². The van der Waals surface area contributed by atoms with Gasteiger partial charge in [-0.3, -0.25) is 10.1 Å². The smallest absolute Gasteiger partial charge is 0.275 e. The largest absolute Gasteiger partial charge is 0.493 e. The van der Waals surface area contributed by atoms with Gasteiger partial charge in [0.2, 0.25) is 0 Å². The van der Waals surface area contributed by atoms with Gasteiger partial charge in [-0.2, -0.15) is 0 Å². The van der Waals surface area contributed by atoms with Crippen molar-refractivity contribution >= 4 is 11.4 Å². The van der Waals surface area contributed by atoms with Crippen LogP contribution in [0, 0.1) is 10.1 Å². The maximum Gasteiger partial charge on any atom is 0.275 e. The molecule has 1 saturated heterocycles. The lowest BCUT2D eigenvalue weighted by Gasteiger charge is -2.25. The molecule has 0 radical (unpaired) electrons. The molecular weight excluding hydrogens is 260 g/mol. The molecule has 1 fully saturated rings. The molecule has 1 aliphatic heterocycles. The van der Waals surface area contributed by atoms with Crippen molar-refractivity contribution in [2.24, 2.45) is 0 Å². The van der Waals surface area contributed by atoms with Crippen LogP contribution in [0.5, 0.6) is 5.75 Å². The number of non-ortho nitro benzene ring substituents is 1. The van der Waals surface area contributed by atoms with E-state index in [0.29, 0.717) is 12.4 Å². The minimum atomic E-state index is -0.410. The average Bonchev–Trinajstić information content (AvgIpc) is 2.93. The number of aliphatic hydroxyl groups is 1. The van der Waals surface area contributed by atoms with Gasteiger partial charge in [-0.25, -0.2) is 0 Å². The number of aliphatic hydroxyl groups excluding tert-OH is 1. The van der Waals surface area contributed by atoms with Crippen LogP contribution in [0.3, 0.4) is 0 Å². The molecule has 1 aliphatic rings. The van der Waals surface area contributed by atoms with E-state index in [1.165, 1.54) is 6.07 Å². The fraction of sp³-hybridized carbons (Fsp3) is 0.571. The monoisotopic (exact) mass is 280 g/mol. The van der Waals surface area contributed by atoms with Gasteiger partial charge in [0, 0.05) is 24.4 Å². The molecule has 1 aromatic rings. The first-order valence-electron chi connectivity index (χ1n) is 6.95. The minimum Gasteiger partial charge on any atom is -0.493 e. The van der Waals surface area contributed by atoms with Crippen LogP contribution in [0.1, 0.15) is 26.2 Å². The van der Waals surface area contributed by atoms with Gasteiger partial charge in [0.15, 0.2) is 0 Å². The highest BCUT2D eigenvalue weighted by Gasteiger charge is 2.25. The molecule has 1 N–H and O–H groups in total. The quantitative estimate of drug-likeness (QED) is 0.639. The highest BCUT2D eigenvalue weighted by Crippen LogP contribution is 2.32. The summed E-state index contributed by atoms with van der Waals surface area (Å²) in [5.74, 6) is 0.514. The lowest BCUT2D eigenvalue weighted by molar-refractivity contribution is -0.384. The normalized spacial score (nSPS) is 18.3. The molecule has 0 aromatic heterocycles. The second-order valence-electron chi connectivity index (χ2n) is 4.96. The molecule has 1 unspecified atom stereocenters. The molecule has 6 heteroatoms. The summed E-state index contributed by atoms with van der Waals surface area (Å²) in [6.45, 7) is 3.39. The summed E-state index contributed by atoms with van der Waals surface area (Å²) in [4.78, 5) is 12.6. The zero-order chi connectivity index (χ0) is 14.5.